The zero-order valence-electron chi connectivity index (χ0n) is 12.8. The average molecular weight is 347 g/mol. The highest BCUT2D eigenvalue weighted by molar-refractivity contribution is 7.79. The van der Waals surface area contributed by atoms with Gasteiger partial charge in [0.25, 0.3) is 5.91 Å². The molecule has 1 atom stereocenters. The van der Waals surface area contributed by atoms with Crippen LogP contribution in [-0.4, -0.2) is 38.7 Å². The number of fused-ring (bicyclic) bond motifs is 1. The van der Waals surface area contributed by atoms with Crippen LogP contribution >= 0.6 is 0 Å². The first-order valence-electron chi connectivity index (χ1n) is 7.53. The Labute approximate surface area is 141 Å². The molecule has 1 aromatic rings. The van der Waals surface area contributed by atoms with E-state index in [0.717, 1.165) is 23.4 Å². The summed E-state index contributed by atoms with van der Waals surface area (Å²) in [4.78, 5) is 25.7. The Morgan fingerprint density at radius 2 is 2.08 bits per heavy atom. The molecular formula is C16H17N3O4S. The number of nitrogens with zero attached hydrogens (tertiary/aromatic N) is 1. The average Bonchev–Trinajstić information content (AvgIpc) is 2.93. The molecule has 7 nitrogen and oxygen atoms in total. The molecule has 24 heavy (non-hydrogen) atoms. The van der Waals surface area contributed by atoms with Gasteiger partial charge in [-0.1, -0.05) is 18.2 Å². The fourth-order valence-corrected chi connectivity index (χ4v) is 2.95. The molecule has 2 aliphatic heterocycles. The second-order valence-electron chi connectivity index (χ2n) is 5.43. The van der Waals surface area contributed by atoms with E-state index in [9.17, 15) is 13.8 Å². The predicted molar refractivity (Wildman–Crippen MR) is 88.2 cm³/mol. The zero-order chi connectivity index (χ0) is 17.1. The van der Waals surface area contributed by atoms with Crippen molar-refractivity contribution in [3.8, 4) is 0 Å². The first-order valence-corrected chi connectivity index (χ1v) is 8.64. The molecule has 0 saturated heterocycles. The lowest BCUT2D eigenvalue weighted by atomic mass is 10.1. The molecule has 0 fully saturated rings. The molecule has 1 unspecified atom stereocenters. The topological polar surface area (TPSA) is 98.7 Å². The van der Waals surface area contributed by atoms with E-state index in [1.54, 1.807) is 24.3 Å². The minimum atomic E-state index is -1.99. The maximum atomic E-state index is 12.2. The summed E-state index contributed by atoms with van der Waals surface area (Å²) in [6, 6.07) is 6.16. The van der Waals surface area contributed by atoms with E-state index in [-0.39, 0.29) is 5.91 Å². The van der Waals surface area contributed by atoms with Gasteiger partial charge in [0.05, 0.1) is 16.2 Å². The molecule has 2 heterocycles. The van der Waals surface area contributed by atoms with Crippen LogP contribution in [0.2, 0.25) is 0 Å². The van der Waals surface area contributed by atoms with Gasteiger partial charge in [-0.25, -0.2) is 13.9 Å². The number of hydrogen-bond acceptors (Lipinski definition) is 4. The van der Waals surface area contributed by atoms with Crippen LogP contribution < -0.4 is 10.6 Å². The summed E-state index contributed by atoms with van der Waals surface area (Å²) >= 11 is -1.99. The van der Waals surface area contributed by atoms with Crippen LogP contribution in [0.5, 0.6) is 0 Å². The van der Waals surface area contributed by atoms with Crippen molar-refractivity contribution in [2.24, 2.45) is 0 Å². The molecule has 0 aliphatic carbocycles. The van der Waals surface area contributed by atoms with Gasteiger partial charge in [-0.15, -0.1) is 0 Å². The van der Waals surface area contributed by atoms with Crippen LogP contribution in [0.3, 0.4) is 0 Å². The molecular weight excluding hydrogens is 330 g/mol. The summed E-state index contributed by atoms with van der Waals surface area (Å²) in [5.41, 5.74) is 2.16. The molecule has 8 heteroatoms. The van der Waals surface area contributed by atoms with Crippen molar-refractivity contribution in [2.45, 2.75) is 17.7 Å². The van der Waals surface area contributed by atoms with Crippen molar-refractivity contribution in [1.29, 1.82) is 0 Å². The third-order valence-corrected chi connectivity index (χ3v) is 4.51. The molecule has 3 rings (SSSR count). The second-order valence-corrected chi connectivity index (χ2v) is 6.40. The van der Waals surface area contributed by atoms with E-state index < -0.39 is 17.1 Å². The monoisotopic (exact) mass is 347 g/mol. The molecule has 126 valence electrons. The number of carbonyl (C=O) groups excluding carboxylic acids is 2. The fourth-order valence-electron chi connectivity index (χ4n) is 2.59. The lowest BCUT2D eigenvalue weighted by Gasteiger charge is -2.13. The molecule has 2 aliphatic rings. The van der Waals surface area contributed by atoms with Gasteiger partial charge in [0.15, 0.2) is 11.1 Å². The van der Waals surface area contributed by atoms with E-state index in [4.69, 9.17) is 4.55 Å². The number of nitrogens with one attached hydrogen (secondary N) is 2. The molecule has 0 saturated carbocycles. The van der Waals surface area contributed by atoms with Crippen LogP contribution in [-0.2, 0) is 22.3 Å². The van der Waals surface area contributed by atoms with E-state index in [1.165, 1.54) is 6.20 Å². The number of amides is 3. The van der Waals surface area contributed by atoms with Crippen molar-refractivity contribution in [3.05, 3.63) is 53.4 Å². The first-order chi connectivity index (χ1) is 11.6. The Kier molecular flexibility index (Phi) is 4.77. The van der Waals surface area contributed by atoms with E-state index >= 15 is 0 Å². The number of carbonyl (C=O) groups is 2. The lowest BCUT2D eigenvalue weighted by Crippen LogP contribution is -2.39. The summed E-state index contributed by atoms with van der Waals surface area (Å²) in [7, 11) is 0. The van der Waals surface area contributed by atoms with Gasteiger partial charge in [-0.3, -0.25) is 4.79 Å². The van der Waals surface area contributed by atoms with Crippen molar-refractivity contribution in [3.63, 3.8) is 0 Å². The lowest BCUT2D eigenvalue weighted by molar-refractivity contribution is -0.121. The Morgan fingerprint density at radius 1 is 1.33 bits per heavy atom. The second kappa shape index (κ2) is 6.98. The highest BCUT2D eigenvalue weighted by Crippen LogP contribution is 2.23. The third-order valence-electron chi connectivity index (χ3n) is 3.84. The maximum Gasteiger partial charge on any atom is 0.328 e. The molecule has 3 N–H and O–H groups in total. The van der Waals surface area contributed by atoms with Crippen LogP contribution in [0.15, 0.2) is 52.7 Å². The van der Waals surface area contributed by atoms with E-state index in [1.807, 2.05) is 6.08 Å². The van der Waals surface area contributed by atoms with Gasteiger partial charge in [0, 0.05) is 19.3 Å². The minimum absolute atomic E-state index is 0.315. The molecule has 1 aromatic carbocycles. The summed E-state index contributed by atoms with van der Waals surface area (Å²) in [6.07, 6.45) is 4.69. The Morgan fingerprint density at radius 3 is 2.75 bits per heavy atom. The van der Waals surface area contributed by atoms with Crippen LogP contribution in [0.25, 0.3) is 0 Å². The largest absolute Gasteiger partial charge is 0.383 e. The normalized spacial score (nSPS) is 17.5. The Hall–Kier alpha value is -2.45. The summed E-state index contributed by atoms with van der Waals surface area (Å²) < 4.78 is 19.9. The van der Waals surface area contributed by atoms with Gasteiger partial charge in [0.2, 0.25) is 0 Å². The molecule has 0 aromatic heterocycles. The molecule has 0 radical (unpaired) electrons. The van der Waals surface area contributed by atoms with Gasteiger partial charge in [0.1, 0.15) is 0 Å². The molecule has 0 spiro atoms. The van der Waals surface area contributed by atoms with Crippen molar-refractivity contribution < 1.29 is 18.4 Å². The summed E-state index contributed by atoms with van der Waals surface area (Å²) in [5, 5.41) is 5.81. The number of imide groups is 1. The standard InChI is InChI=1S/C16H17N3O4S/c20-15-13-2-1-8-17-14(13)10-19(15)16(21)18-9-7-11-3-5-12(6-4-11)24(22)23/h2-6,10,17H,1,7-9H2,(H,18,21)(H,22,23). The van der Waals surface area contributed by atoms with Crippen LogP contribution in [0.1, 0.15) is 12.0 Å². The summed E-state index contributed by atoms with van der Waals surface area (Å²) in [6.45, 7) is 1.12. The summed E-state index contributed by atoms with van der Waals surface area (Å²) in [5.74, 6) is -0.315. The maximum absolute atomic E-state index is 12.2. The van der Waals surface area contributed by atoms with Gasteiger partial charge >= 0.3 is 6.03 Å². The highest BCUT2D eigenvalue weighted by atomic mass is 32.2. The smallest absolute Gasteiger partial charge is 0.328 e. The molecule has 3 amide bonds. The number of rotatable bonds is 4. The van der Waals surface area contributed by atoms with Crippen molar-refractivity contribution in [1.82, 2.24) is 15.5 Å². The highest BCUT2D eigenvalue weighted by Gasteiger charge is 2.32. The van der Waals surface area contributed by atoms with Crippen LogP contribution in [0, 0.1) is 0 Å². The van der Waals surface area contributed by atoms with Crippen LogP contribution in [0.4, 0.5) is 4.79 Å². The number of hydrogen-bond donors (Lipinski definition) is 3. The van der Waals surface area contributed by atoms with Crippen molar-refractivity contribution >= 4 is 23.0 Å². The Bertz CT molecular complexity index is 755. The molecule has 0 bridgehead atoms. The quantitative estimate of drug-likeness (QED) is 0.709. The van der Waals surface area contributed by atoms with Crippen molar-refractivity contribution in [2.75, 3.05) is 13.1 Å². The Balaban J connectivity index is 1.54. The fraction of sp³-hybridized carbons (Fsp3) is 0.250. The number of benzene rings is 1. The first kappa shape index (κ1) is 16.4. The predicted octanol–water partition coefficient (Wildman–Crippen LogP) is 1.12. The zero-order valence-corrected chi connectivity index (χ0v) is 13.6. The third kappa shape index (κ3) is 3.39. The minimum Gasteiger partial charge on any atom is -0.383 e. The van der Waals surface area contributed by atoms with Gasteiger partial charge in [-0.2, -0.15) is 0 Å². The van der Waals surface area contributed by atoms with Gasteiger partial charge < -0.3 is 15.2 Å². The number of urea groups is 1. The van der Waals surface area contributed by atoms with E-state index in [2.05, 4.69) is 10.6 Å². The van der Waals surface area contributed by atoms with Gasteiger partial charge in [-0.05, 0) is 30.5 Å². The van der Waals surface area contributed by atoms with E-state index in [0.29, 0.717) is 29.1 Å². The SMILES string of the molecule is O=C(NCCc1ccc(S(=O)O)cc1)N1C=C2NCCC=C2C1=O.